The van der Waals surface area contributed by atoms with Gasteiger partial charge in [-0.25, -0.2) is 19.3 Å². The summed E-state index contributed by atoms with van der Waals surface area (Å²) < 4.78 is 13.4. The maximum Gasteiger partial charge on any atom is 0.191 e. The lowest BCUT2D eigenvalue weighted by molar-refractivity contribution is 0.629. The van der Waals surface area contributed by atoms with E-state index in [0.29, 0.717) is 34.9 Å². The molecule has 0 amide bonds. The Morgan fingerprint density at radius 3 is 3.04 bits per heavy atom. The van der Waals surface area contributed by atoms with Crippen molar-refractivity contribution in [2.24, 2.45) is 0 Å². The van der Waals surface area contributed by atoms with Gasteiger partial charge in [0.25, 0.3) is 0 Å². The lowest BCUT2D eigenvalue weighted by atomic mass is 10.2. The van der Waals surface area contributed by atoms with Gasteiger partial charge in [0, 0.05) is 5.39 Å². The maximum absolute atomic E-state index is 13.4. The average Bonchev–Trinajstić information content (AvgIpc) is 3.24. The van der Waals surface area contributed by atoms with Crippen molar-refractivity contribution in [1.82, 2.24) is 25.1 Å². The van der Waals surface area contributed by atoms with E-state index >= 15 is 0 Å². The van der Waals surface area contributed by atoms with Crippen LogP contribution >= 0.6 is 11.3 Å². The first-order valence-corrected chi connectivity index (χ1v) is 7.77. The predicted octanol–water partition coefficient (Wildman–Crippen LogP) is 3.23. The van der Waals surface area contributed by atoms with Crippen molar-refractivity contribution in [2.45, 2.75) is 6.54 Å². The normalized spacial score (nSPS) is 11.0. The number of H-pyrrole nitrogens is 1. The number of aromatic nitrogens is 5. The fourth-order valence-electron chi connectivity index (χ4n) is 2.23. The third kappa shape index (κ3) is 2.76. The van der Waals surface area contributed by atoms with Crippen molar-refractivity contribution in [3.63, 3.8) is 0 Å². The van der Waals surface area contributed by atoms with Crippen molar-refractivity contribution in [1.29, 1.82) is 0 Å². The SMILES string of the molecule is Fc1ccc2ncnc(NCc3nc(-c4cccs4)n[nH]3)c2c1. The van der Waals surface area contributed by atoms with Gasteiger partial charge in [0.2, 0.25) is 0 Å². The fraction of sp³-hybridized carbons (Fsp3) is 0.0667. The average molecular weight is 326 g/mol. The Labute approximate surface area is 134 Å². The zero-order valence-electron chi connectivity index (χ0n) is 11.8. The lowest BCUT2D eigenvalue weighted by Crippen LogP contribution is -2.04. The Bertz CT molecular complexity index is 950. The monoisotopic (exact) mass is 326 g/mol. The van der Waals surface area contributed by atoms with Crippen LogP contribution in [0.2, 0.25) is 0 Å². The van der Waals surface area contributed by atoms with Crippen LogP contribution in [0.25, 0.3) is 21.6 Å². The number of fused-ring (bicyclic) bond motifs is 1. The molecule has 6 nitrogen and oxygen atoms in total. The summed E-state index contributed by atoms with van der Waals surface area (Å²) >= 11 is 1.58. The molecule has 0 radical (unpaired) electrons. The molecule has 0 unspecified atom stereocenters. The van der Waals surface area contributed by atoms with Gasteiger partial charge in [-0.05, 0) is 29.6 Å². The third-order valence-corrected chi connectivity index (χ3v) is 4.16. The van der Waals surface area contributed by atoms with E-state index in [2.05, 4.69) is 30.5 Å². The van der Waals surface area contributed by atoms with E-state index in [1.807, 2.05) is 17.5 Å². The van der Waals surface area contributed by atoms with Crippen molar-refractivity contribution < 1.29 is 4.39 Å². The molecule has 0 bridgehead atoms. The number of halogens is 1. The van der Waals surface area contributed by atoms with E-state index in [0.717, 1.165) is 4.88 Å². The van der Waals surface area contributed by atoms with E-state index in [4.69, 9.17) is 0 Å². The fourth-order valence-corrected chi connectivity index (χ4v) is 2.89. The summed E-state index contributed by atoms with van der Waals surface area (Å²) in [5.41, 5.74) is 0.681. The largest absolute Gasteiger partial charge is 0.362 e. The van der Waals surface area contributed by atoms with Crippen LogP contribution in [0, 0.1) is 5.82 Å². The molecule has 0 saturated heterocycles. The molecule has 3 heterocycles. The number of nitrogens with one attached hydrogen (secondary N) is 2. The highest BCUT2D eigenvalue weighted by atomic mass is 32.1. The van der Waals surface area contributed by atoms with Crippen LogP contribution in [0.5, 0.6) is 0 Å². The van der Waals surface area contributed by atoms with Gasteiger partial charge in [0.05, 0.1) is 16.9 Å². The van der Waals surface area contributed by atoms with E-state index in [1.165, 1.54) is 18.5 Å². The van der Waals surface area contributed by atoms with Crippen LogP contribution < -0.4 is 5.32 Å². The van der Waals surface area contributed by atoms with Gasteiger partial charge < -0.3 is 5.32 Å². The lowest BCUT2D eigenvalue weighted by Gasteiger charge is -2.06. The van der Waals surface area contributed by atoms with Crippen LogP contribution in [0.1, 0.15) is 5.82 Å². The van der Waals surface area contributed by atoms with E-state index in [9.17, 15) is 4.39 Å². The number of thiophene rings is 1. The maximum atomic E-state index is 13.4. The first-order valence-electron chi connectivity index (χ1n) is 6.89. The minimum atomic E-state index is -0.324. The number of hydrogen-bond acceptors (Lipinski definition) is 6. The minimum absolute atomic E-state index is 0.324. The second kappa shape index (κ2) is 5.73. The standard InChI is InChI=1S/C15H11FN6S/c16-9-3-4-11-10(6-9)14(19-8-18-11)17-7-13-20-15(22-21-13)12-2-1-5-23-12/h1-6,8H,7H2,(H,17,18,19)(H,20,21,22). The molecule has 3 aromatic heterocycles. The Morgan fingerprint density at radius 2 is 2.17 bits per heavy atom. The summed E-state index contributed by atoms with van der Waals surface area (Å²) in [6, 6.07) is 8.33. The van der Waals surface area contributed by atoms with Crippen LogP contribution in [0.4, 0.5) is 10.2 Å². The summed E-state index contributed by atoms with van der Waals surface area (Å²) in [6.07, 6.45) is 1.44. The molecular formula is C15H11FN6S. The molecule has 0 aliphatic rings. The second-order valence-corrected chi connectivity index (χ2v) is 5.77. The summed E-state index contributed by atoms with van der Waals surface area (Å²) in [4.78, 5) is 13.7. The number of benzene rings is 1. The van der Waals surface area contributed by atoms with Gasteiger partial charge in [0.1, 0.15) is 23.8 Å². The Morgan fingerprint density at radius 1 is 1.22 bits per heavy atom. The Balaban J connectivity index is 1.56. The van der Waals surface area contributed by atoms with Crippen molar-refractivity contribution >= 4 is 28.1 Å². The summed E-state index contributed by atoms with van der Waals surface area (Å²) in [6.45, 7) is 0.404. The molecule has 4 rings (SSSR count). The molecule has 0 aliphatic heterocycles. The van der Waals surface area contributed by atoms with Crippen LogP contribution in [0.15, 0.2) is 42.0 Å². The van der Waals surface area contributed by atoms with Crippen LogP contribution in [-0.4, -0.2) is 25.1 Å². The molecule has 4 aromatic rings. The molecule has 0 spiro atoms. The molecule has 1 aromatic carbocycles. The first kappa shape index (κ1) is 13.8. The Kier molecular flexibility index (Phi) is 3.43. The van der Waals surface area contributed by atoms with Crippen molar-refractivity contribution in [2.75, 3.05) is 5.32 Å². The summed E-state index contributed by atoms with van der Waals surface area (Å²) in [7, 11) is 0. The molecule has 8 heteroatoms. The zero-order chi connectivity index (χ0) is 15.6. The number of anilines is 1. The molecule has 0 fully saturated rings. The predicted molar refractivity (Wildman–Crippen MR) is 86.5 cm³/mol. The van der Waals surface area contributed by atoms with E-state index in [1.54, 1.807) is 17.4 Å². The van der Waals surface area contributed by atoms with Gasteiger partial charge >= 0.3 is 0 Å². The molecular weight excluding hydrogens is 315 g/mol. The van der Waals surface area contributed by atoms with Gasteiger partial charge in [0.15, 0.2) is 5.82 Å². The molecule has 0 aliphatic carbocycles. The van der Waals surface area contributed by atoms with Crippen LogP contribution in [0.3, 0.4) is 0 Å². The van der Waals surface area contributed by atoms with Gasteiger partial charge in [-0.3, -0.25) is 5.10 Å². The van der Waals surface area contributed by atoms with Gasteiger partial charge in [-0.2, -0.15) is 5.10 Å². The second-order valence-electron chi connectivity index (χ2n) is 4.82. The first-order chi connectivity index (χ1) is 11.3. The van der Waals surface area contributed by atoms with E-state index < -0.39 is 0 Å². The number of hydrogen-bond donors (Lipinski definition) is 2. The third-order valence-electron chi connectivity index (χ3n) is 3.29. The van der Waals surface area contributed by atoms with Gasteiger partial charge in [-0.15, -0.1) is 11.3 Å². The number of rotatable bonds is 4. The quantitative estimate of drug-likeness (QED) is 0.602. The van der Waals surface area contributed by atoms with Crippen molar-refractivity contribution in [3.8, 4) is 10.7 Å². The molecule has 2 N–H and O–H groups in total. The highest BCUT2D eigenvalue weighted by Crippen LogP contribution is 2.22. The highest BCUT2D eigenvalue weighted by molar-refractivity contribution is 7.13. The zero-order valence-corrected chi connectivity index (χ0v) is 12.6. The minimum Gasteiger partial charge on any atom is -0.362 e. The van der Waals surface area contributed by atoms with Crippen molar-refractivity contribution in [3.05, 3.63) is 53.7 Å². The highest BCUT2D eigenvalue weighted by Gasteiger charge is 2.08. The topological polar surface area (TPSA) is 79.4 Å². The molecule has 0 saturated carbocycles. The number of nitrogens with zero attached hydrogens (tertiary/aromatic N) is 4. The molecule has 0 atom stereocenters. The number of aromatic amines is 1. The van der Waals surface area contributed by atoms with Crippen LogP contribution in [-0.2, 0) is 6.54 Å². The molecule has 23 heavy (non-hydrogen) atoms. The molecule has 114 valence electrons. The van der Waals surface area contributed by atoms with E-state index in [-0.39, 0.29) is 5.82 Å². The smallest absolute Gasteiger partial charge is 0.191 e. The Hall–Kier alpha value is -2.87. The summed E-state index contributed by atoms with van der Waals surface area (Å²) in [5.74, 6) is 1.57. The van der Waals surface area contributed by atoms with Gasteiger partial charge in [-0.1, -0.05) is 6.07 Å². The summed E-state index contributed by atoms with van der Waals surface area (Å²) in [5, 5.41) is 12.8.